The summed E-state index contributed by atoms with van der Waals surface area (Å²) in [4.78, 5) is 0. The van der Waals surface area contributed by atoms with Crippen molar-refractivity contribution in [3.8, 4) is 11.5 Å². The lowest BCUT2D eigenvalue weighted by Gasteiger charge is -2.13. The third-order valence-corrected chi connectivity index (χ3v) is 2.49. The second-order valence-electron chi connectivity index (χ2n) is 3.40. The van der Waals surface area contributed by atoms with E-state index in [0.717, 1.165) is 12.0 Å². The molecule has 0 bridgehead atoms. The van der Waals surface area contributed by atoms with Crippen molar-refractivity contribution in [3.05, 3.63) is 22.7 Å². The molecule has 1 rings (SSSR count). The predicted molar refractivity (Wildman–Crippen MR) is 67.9 cm³/mol. The normalized spacial score (nSPS) is 10.4. The van der Waals surface area contributed by atoms with Crippen LogP contribution in [0.5, 0.6) is 11.5 Å². The number of hydrogen-bond donors (Lipinski definition) is 1. The Morgan fingerprint density at radius 1 is 1.35 bits per heavy atom. The highest BCUT2D eigenvalue weighted by Gasteiger charge is 2.11. The quantitative estimate of drug-likeness (QED) is 0.603. The highest BCUT2D eigenvalue weighted by Crippen LogP contribution is 2.36. The van der Waals surface area contributed by atoms with Crippen molar-refractivity contribution < 1.29 is 14.2 Å². The van der Waals surface area contributed by atoms with Gasteiger partial charge in [0.05, 0.1) is 12.1 Å². The number of nitrogens with two attached hydrogens (primary N) is 1. The molecule has 0 aliphatic heterocycles. The van der Waals surface area contributed by atoms with Crippen molar-refractivity contribution in [2.75, 3.05) is 27.1 Å². The van der Waals surface area contributed by atoms with E-state index in [1.54, 1.807) is 7.11 Å². The Hall–Kier alpha value is -0.970. The summed E-state index contributed by atoms with van der Waals surface area (Å²) in [5, 5.41) is 0.507. The fraction of sp³-hybridized carbons (Fsp3) is 0.500. The number of halogens is 1. The van der Waals surface area contributed by atoms with Gasteiger partial charge >= 0.3 is 0 Å². The van der Waals surface area contributed by atoms with Crippen LogP contribution in [-0.4, -0.2) is 27.1 Å². The van der Waals surface area contributed by atoms with Crippen LogP contribution in [-0.2, 0) is 11.2 Å². The van der Waals surface area contributed by atoms with Crippen LogP contribution in [0.25, 0.3) is 0 Å². The summed E-state index contributed by atoms with van der Waals surface area (Å²) in [7, 11) is 1.57. The zero-order chi connectivity index (χ0) is 12.7. The minimum absolute atomic E-state index is 0.156. The van der Waals surface area contributed by atoms with Gasteiger partial charge in [-0.25, -0.2) is 0 Å². The molecule has 17 heavy (non-hydrogen) atoms. The Morgan fingerprint density at radius 3 is 2.71 bits per heavy atom. The van der Waals surface area contributed by atoms with Gasteiger partial charge in [0.15, 0.2) is 18.3 Å². The first-order valence-corrected chi connectivity index (χ1v) is 5.87. The van der Waals surface area contributed by atoms with E-state index < -0.39 is 0 Å². The van der Waals surface area contributed by atoms with E-state index in [1.807, 2.05) is 19.1 Å². The molecule has 0 radical (unpaired) electrons. The Morgan fingerprint density at radius 2 is 2.12 bits per heavy atom. The SMILES string of the molecule is CCOCOc1c(Cl)cc(CCN)cc1OC. The van der Waals surface area contributed by atoms with E-state index in [0.29, 0.717) is 29.7 Å². The first-order chi connectivity index (χ1) is 8.22. The lowest BCUT2D eigenvalue weighted by Crippen LogP contribution is -2.06. The molecule has 0 heterocycles. The van der Waals surface area contributed by atoms with E-state index in [-0.39, 0.29) is 6.79 Å². The molecule has 2 N–H and O–H groups in total. The Bertz CT molecular complexity index is 358. The smallest absolute Gasteiger partial charge is 0.189 e. The van der Waals surface area contributed by atoms with Crippen molar-refractivity contribution in [1.82, 2.24) is 0 Å². The third-order valence-electron chi connectivity index (χ3n) is 2.21. The molecule has 0 atom stereocenters. The molecule has 1 aromatic carbocycles. The van der Waals surface area contributed by atoms with Gasteiger partial charge in [0.1, 0.15) is 0 Å². The van der Waals surface area contributed by atoms with Gasteiger partial charge in [0.2, 0.25) is 0 Å². The van der Waals surface area contributed by atoms with Crippen LogP contribution in [0.2, 0.25) is 5.02 Å². The topological polar surface area (TPSA) is 53.7 Å². The van der Waals surface area contributed by atoms with Crippen LogP contribution in [0.1, 0.15) is 12.5 Å². The second kappa shape index (κ2) is 7.37. The van der Waals surface area contributed by atoms with Crippen molar-refractivity contribution >= 4 is 11.6 Å². The summed E-state index contributed by atoms with van der Waals surface area (Å²) in [6.45, 7) is 3.21. The van der Waals surface area contributed by atoms with E-state index in [2.05, 4.69) is 0 Å². The van der Waals surface area contributed by atoms with Gasteiger partial charge < -0.3 is 19.9 Å². The van der Waals surface area contributed by atoms with Gasteiger partial charge in [-0.2, -0.15) is 0 Å². The summed E-state index contributed by atoms with van der Waals surface area (Å²) in [5.41, 5.74) is 6.53. The van der Waals surface area contributed by atoms with Crippen molar-refractivity contribution in [3.63, 3.8) is 0 Å². The fourth-order valence-corrected chi connectivity index (χ4v) is 1.70. The van der Waals surface area contributed by atoms with Crippen LogP contribution >= 0.6 is 11.6 Å². The summed E-state index contributed by atoms with van der Waals surface area (Å²) in [6.07, 6.45) is 0.752. The summed E-state index contributed by atoms with van der Waals surface area (Å²) >= 11 is 6.13. The van der Waals surface area contributed by atoms with Crippen molar-refractivity contribution in [2.24, 2.45) is 5.73 Å². The molecule has 5 heteroatoms. The molecule has 0 aliphatic rings. The van der Waals surface area contributed by atoms with E-state index in [9.17, 15) is 0 Å². The van der Waals surface area contributed by atoms with Gasteiger partial charge in [0, 0.05) is 6.61 Å². The lowest BCUT2D eigenvalue weighted by atomic mass is 10.1. The third kappa shape index (κ3) is 4.07. The van der Waals surface area contributed by atoms with Crippen molar-refractivity contribution in [2.45, 2.75) is 13.3 Å². The molecule has 0 unspecified atom stereocenters. The molecule has 4 nitrogen and oxygen atoms in total. The number of ether oxygens (including phenoxy) is 3. The molecular formula is C12H18ClNO3. The number of benzene rings is 1. The number of hydrogen-bond acceptors (Lipinski definition) is 4. The molecule has 0 spiro atoms. The van der Waals surface area contributed by atoms with Crippen LogP contribution < -0.4 is 15.2 Å². The fourth-order valence-electron chi connectivity index (χ4n) is 1.41. The predicted octanol–water partition coefficient (Wildman–Crippen LogP) is 2.22. The summed E-state index contributed by atoms with van der Waals surface area (Å²) in [6, 6.07) is 3.71. The summed E-state index contributed by atoms with van der Waals surface area (Å²) < 4.78 is 15.8. The number of methoxy groups -OCH3 is 1. The van der Waals surface area contributed by atoms with Gasteiger partial charge in [-0.1, -0.05) is 11.6 Å². The van der Waals surface area contributed by atoms with Crippen LogP contribution in [0.4, 0.5) is 0 Å². The Labute approximate surface area is 107 Å². The summed E-state index contributed by atoms with van der Waals surface area (Å²) in [5.74, 6) is 1.10. The average molecular weight is 260 g/mol. The maximum Gasteiger partial charge on any atom is 0.189 e. The largest absolute Gasteiger partial charge is 0.493 e. The minimum atomic E-state index is 0.156. The highest BCUT2D eigenvalue weighted by molar-refractivity contribution is 6.32. The standard InChI is InChI=1S/C12H18ClNO3/c1-3-16-8-17-12-10(13)6-9(4-5-14)7-11(12)15-2/h6-7H,3-5,8,14H2,1-2H3. The molecular weight excluding hydrogens is 242 g/mol. The Balaban J connectivity index is 2.87. The molecule has 96 valence electrons. The van der Waals surface area contributed by atoms with E-state index in [1.165, 1.54) is 0 Å². The first-order valence-electron chi connectivity index (χ1n) is 5.50. The van der Waals surface area contributed by atoms with E-state index >= 15 is 0 Å². The molecule has 0 amide bonds. The number of rotatable bonds is 7. The minimum Gasteiger partial charge on any atom is -0.493 e. The molecule has 0 saturated carbocycles. The zero-order valence-corrected chi connectivity index (χ0v) is 10.9. The molecule has 0 fully saturated rings. The second-order valence-corrected chi connectivity index (χ2v) is 3.81. The van der Waals surface area contributed by atoms with Gasteiger partial charge in [-0.15, -0.1) is 0 Å². The molecule has 0 saturated heterocycles. The van der Waals surface area contributed by atoms with Crippen LogP contribution in [0, 0.1) is 0 Å². The van der Waals surface area contributed by atoms with Gasteiger partial charge in [0.25, 0.3) is 0 Å². The molecule has 1 aromatic rings. The maximum absolute atomic E-state index is 6.13. The maximum atomic E-state index is 6.13. The van der Waals surface area contributed by atoms with Gasteiger partial charge in [-0.3, -0.25) is 0 Å². The highest BCUT2D eigenvalue weighted by atomic mass is 35.5. The van der Waals surface area contributed by atoms with E-state index in [4.69, 9.17) is 31.5 Å². The van der Waals surface area contributed by atoms with Crippen molar-refractivity contribution in [1.29, 1.82) is 0 Å². The first kappa shape index (κ1) is 14.1. The lowest BCUT2D eigenvalue weighted by molar-refractivity contribution is 0.0209. The van der Waals surface area contributed by atoms with Crippen LogP contribution in [0.15, 0.2) is 12.1 Å². The van der Waals surface area contributed by atoms with Crippen LogP contribution in [0.3, 0.4) is 0 Å². The molecule has 0 aromatic heterocycles. The monoisotopic (exact) mass is 259 g/mol. The zero-order valence-electron chi connectivity index (χ0n) is 10.2. The average Bonchev–Trinajstić information content (AvgIpc) is 2.32. The Kier molecular flexibility index (Phi) is 6.11. The van der Waals surface area contributed by atoms with Gasteiger partial charge in [-0.05, 0) is 37.6 Å². The molecule has 0 aliphatic carbocycles.